The van der Waals surface area contributed by atoms with E-state index in [0.29, 0.717) is 15.8 Å². The number of halogens is 2. The van der Waals surface area contributed by atoms with Gasteiger partial charge < -0.3 is 0 Å². The highest BCUT2D eigenvalue weighted by molar-refractivity contribution is 7.12. The predicted octanol–water partition coefficient (Wildman–Crippen LogP) is 19.1. The summed E-state index contributed by atoms with van der Waals surface area (Å²) in [4.78, 5) is 11.7. The number of thiophene rings is 1. The second kappa shape index (κ2) is 31.3. The average molecular weight is 1210 g/mol. The van der Waals surface area contributed by atoms with Gasteiger partial charge in [-0.1, -0.05) is 166 Å². The van der Waals surface area contributed by atoms with E-state index in [1.54, 1.807) is 28.7 Å². The molecule has 8 aromatic rings. The van der Waals surface area contributed by atoms with E-state index < -0.39 is 6.55 Å². The van der Waals surface area contributed by atoms with Crippen LogP contribution < -0.4 is 0 Å². The number of alkyl halides is 2. The Kier molecular flexibility index (Phi) is 28.6. The number of H-pyrrole nitrogens is 1. The number of hydrogen-bond donors (Lipinski definition) is 1. The van der Waals surface area contributed by atoms with Crippen LogP contribution in [-0.4, -0.2) is 59.3 Å². The molecule has 0 amide bonds. The maximum absolute atomic E-state index is 12.1. The molecule has 8 aromatic heterocycles. The smallest absolute Gasteiger partial charge is 0.283 e. The molecule has 1 N–H and O–H groups in total. The molecule has 8 rings (SSSR count). The fourth-order valence-electron chi connectivity index (χ4n) is 6.45. The van der Waals surface area contributed by atoms with Crippen molar-refractivity contribution in [2.24, 2.45) is 14.1 Å². The van der Waals surface area contributed by atoms with Crippen molar-refractivity contribution in [2.75, 3.05) is 0 Å². The Hall–Kier alpha value is -5.13. The van der Waals surface area contributed by atoms with Crippen LogP contribution in [0.5, 0.6) is 0 Å². The van der Waals surface area contributed by atoms with Gasteiger partial charge in [-0.05, 0) is 87.4 Å². The Morgan fingerprint density at radius 2 is 1.02 bits per heavy atom. The fourth-order valence-corrected chi connectivity index (χ4v) is 9.10. The quantitative estimate of drug-likeness (QED) is 0.183. The third-order valence-corrected chi connectivity index (χ3v) is 15.6. The molecule has 0 saturated carbocycles. The van der Waals surface area contributed by atoms with Crippen LogP contribution in [0.4, 0.5) is 8.78 Å². The van der Waals surface area contributed by atoms with Crippen molar-refractivity contribution < 1.29 is 8.78 Å². The molecular formula is C66H110F2N12S3. The molecule has 466 valence electrons. The minimum absolute atomic E-state index is 0.167. The predicted molar refractivity (Wildman–Crippen MR) is 353 cm³/mol. The van der Waals surface area contributed by atoms with Crippen molar-refractivity contribution in [1.82, 2.24) is 59.3 Å². The molecule has 0 unspecified atom stereocenters. The van der Waals surface area contributed by atoms with Gasteiger partial charge in [0.2, 0.25) is 0 Å². The number of nitrogens with one attached hydrogen (secondary N) is 1. The molecule has 0 aromatic carbocycles. The highest BCUT2D eigenvalue weighted by Crippen LogP contribution is 2.30. The molecule has 0 bridgehead atoms. The first kappa shape index (κ1) is 75.9. The van der Waals surface area contributed by atoms with Crippen molar-refractivity contribution in [2.45, 2.75) is 257 Å². The molecule has 0 atom stereocenters. The number of nitrogens with zero attached hydrogens (tertiary/aromatic N) is 11. The SMILES string of the molecule is CC(C)(C)c1ccn(C(F)F)n1.CCn1ccc(C(C)(C)C)n1.Cc1cc(C(C)(C)C)n[nH]1.Cc1ccc(C(C)(C)C)s1.Cc1csc(C(C)(C)C)n1.Cc1nc(C(C)(C)C)cs1.Cn1cc(C(C)(C)C)cn1.Cn1ccc(C(C)(C)C)n1. The van der Waals surface area contributed by atoms with Gasteiger partial charge in [-0.2, -0.15) is 34.3 Å². The lowest BCUT2D eigenvalue weighted by atomic mass is 9.90. The van der Waals surface area contributed by atoms with E-state index in [1.165, 1.54) is 37.9 Å². The summed E-state index contributed by atoms with van der Waals surface area (Å²) in [5.41, 5.74) is 10.2. The number of aromatic amines is 1. The zero-order chi connectivity index (χ0) is 64.5. The largest absolute Gasteiger partial charge is 0.333 e. The van der Waals surface area contributed by atoms with Crippen LogP contribution in [0.15, 0.2) is 78.1 Å². The zero-order valence-corrected chi connectivity index (χ0v) is 59.6. The van der Waals surface area contributed by atoms with Crippen LogP contribution in [0.3, 0.4) is 0 Å². The summed E-state index contributed by atoms with van der Waals surface area (Å²) in [6, 6.07) is 12.3. The second-order valence-corrected chi connectivity index (χ2v) is 32.4. The summed E-state index contributed by atoms with van der Waals surface area (Å²) in [7, 11) is 3.88. The van der Waals surface area contributed by atoms with Crippen LogP contribution >= 0.6 is 34.0 Å². The van der Waals surface area contributed by atoms with E-state index in [-0.39, 0.29) is 37.9 Å². The van der Waals surface area contributed by atoms with Gasteiger partial charge in [0.1, 0.15) is 0 Å². The van der Waals surface area contributed by atoms with E-state index in [0.717, 1.165) is 34.3 Å². The first-order valence-electron chi connectivity index (χ1n) is 28.8. The minimum Gasteiger partial charge on any atom is -0.283 e. The number of aryl methyl sites for hydroxylation is 7. The normalized spacial score (nSPS) is 12.1. The molecule has 0 radical (unpaired) electrons. The van der Waals surface area contributed by atoms with E-state index >= 15 is 0 Å². The van der Waals surface area contributed by atoms with Gasteiger partial charge in [0.05, 0.1) is 44.7 Å². The van der Waals surface area contributed by atoms with Crippen molar-refractivity contribution in [3.8, 4) is 0 Å². The lowest BCUT2D eigenvalue weighted by Crippen LogP contribution is -2.13. The average Bonchev–Trinajstić information content (AvgIpc) is 4.16. The van der Waals surface area contributed by atoms with Crippen LogP contribution in [0.2, 0.25) is 0 Å². The molecule has 8 heterocycles. The number of thiazole rings is 2. The summed E-state index contributed by atoms with van der Waals surface area (Å²) in [5, 5.41) is 30.3. The van der Waals surface area contributed by atoms with Crippen molar-refractivity contribution in [1.29, 1.82) is 0 Å². The maximum atomic E-state index is 12.1. The van der Waals surface area contributed by atoms with Gasteiger partial charge in [0, 0.05) is 110 Å². The molecule has 0 fully saturated rings. The second-order valence-electron chi connectivity index (χ2n) is 29.2. The molecule has 0 aliphatic rings. The van der Waals surface area contributed by atoms with Crippen molar-refractivity contribution in [3.63, 3.8) is 0 Å². The standard InChI is InChI=1S/C9H16N2.C9H14S.C8H12F2N2.3C8H14N2.2C8H13NS/c1-5-11-7-6-8(10-11)9(2,3)4;1-7-5-6-8(10-7)9(2,3)4;1-8(2,3)6-4-5-12(11-6)7(9)10;1-8(2,3)7-5-9-10(4)6-7;1-8(2,3)7-5-6-10(4)9-7;1-6-5-7(10-9-6)8(2,3)4;1-6-9-7(5-10-6)8(2,3)4;1-6-5-10-7(9-6)8(2,3)4/h6-7H,5H2,1-4H3;5-6H,1-4H3;4-5,7H,1-3H3;2*5-6H,1-4H3;5H,1-4H3,(H,9,10);2*5H,1-4H3. The van der Waals surface area contributed by atoms with Crippen molar-refractivity contribution >= 4 is 34.0 Å². The third kappa shape index (κ3) is 29.5. The van der Waals surface area contributed by atoms with Gasteiger partial charge in [-0.3, -0.25) is 19.1 Å². The van der Waals surface area contributed by atoms with E-state index in [2.05, 4.69) is 247 Å². The van der Waals surface area contributed by atoms with E-state index in [1.807, 2.05) is 99.6 Å². The van der Waals surface area contributed by atoms with Crippen LogP contribution in [0.1, 0.15) is 245 Å². The van der Waals surface area contributed by atoms with E-state index in [4.69, 9.17) is 0 Å². The van der Waals surface area contributed by atoms with Crippen molar-refractivity contribution in [3.05, 3.63) is 143 Å². The van der Waals surface area contributed by atoms with Crippen LogP contribution in [-0.2, 0) is 64.0 Å². The lowest BCUT2D eigenvalue weighted by molar-refractivity contribution is 0.0558. The zero-order valence-electron chi connectivity index (χ0n) is 57.2. The van der Waals surface area contributed by atoms with Gasteiger partial charge in [0.25, 0.3) is 0 Å². The van der Waals surface area contributed by atoms with Crippen LogP contribution in [0, 0.1) is 27.7 Å². The molecule has 0 aliphatic heterocycles. The Balaban J connectivity index is 0.000000475. The topological polar surface area (TPSA) is 126 Å². The minimum atomic E-state index is -2.54. The Labute approximate surface area is 513 Å². The van der Waals surface area contributed by atoms with Gasteiger partial charge >= 0.3 is 6.55 Å². The first-order valence-corrected chi connectivity index (χ1v) is 31.3. The molecule has 0 aliphatic carbocycles. The van der Waals surface area contributed by atoms with E-state index in [9.17, 15) is 8.78 Å². The highest BCUT2D eigenvalue weighted by atomic mass is 32.1. The molecular weight excluding hydrogens is 1100 g/mol. The Bertz CT molecular complexity index is 2650. The number of hydrogen-bond acceptors (Lipinski definition) is 10. The first-order chi connectivity index (χ1) is 37.4. The molecule has 83 heavy (non-hydrogen) atoms. The molecule has 12 nitrogen and oxygen atoms in total. The fraction of sp³-hybridized carbons (Fsp3) is 0.621. The number of rotatable bonds is 2. The van der Waals surface area contributed by atoms with Gasteiger partial charge in [-0.25, -0.2) is 14.6 Å². The van der Waals surface area contributed by atoms with Gasteiger partial charge in [-0.15, -0.1) is 34.0 Å². The lowest BCUT2D eigenvalue weighted by Gasteiger charge is -2.14. The summed E-state index contributed by atoms with van der Waals surface area (Å²) in [6.07, 6.45) is 9.27. The van der Waals surface area contributed by atoms with Gasteiger partial charge in [0.15, 0.2) is 0 Å². The summed E-state index contributed by atoms with van der Waals surface area (Å²) >= 11 is 5.36. The monoisotopic (exact) mass is 1200 g/mol. The summed E-state index contributed by atoms with van der Waals surface area (Å²) in [5.74, 6) is 0. The summed E-state index contributed by atoms with van der Waals surface area (Å²) in [6.45, 7) is 60.4. The Morgan fingerprint density at radius 1 is 0.518 bits per heavy atom. The highest BCUT2D eigenvalue weighted by Gasteiger charge is 2.21. The molecule has 0 saturated heterocycles. The third-order valence-electron chi connectivity index (χ3n) is 12.0. The molecule has 17 heteroatoms. The maximum Gasteiger partial charge on any atom is 0.333 e. The summed E-state index contributed by atoms with van der Waals surface area (Å²) < 4.78 is 30.4. The van der Waals surface area contributed by atoms with Crippen LogP contribution in [0.25, 0.3) is 0 Å². The Morgan fingerprint density at radius 3 is 1.24 bits per heavy atom. The molecule has 0 spiro atoms. The number of aromatic nitrogens is 12.